The predicted octanol–water partition coefficient (Wildman–Crippen LogP) is 2.62. The number of aromatic amines is 1. The van der Waals surface area contributed by atoms with E-state index in [1.54, 1.807) is 20.4 Å². The minimum Gasteiger partial charge on any atom is -0.354 e. The Hall–Kier alpha value is -0.910. The van der Waals surface area contributed by atoms with E-state index in [-0.39, 0.29) is 6.29 Å². The molecule has 2 aromatic rings. The highest BCUT2D eigenvalue weighted by atomic mass is 79.9. The number of hydrogen-bond acceptors (Lipinski definition) is 3. The van der Waals surface area contributed by atoms with Crippen molar-refractivity contribution < 1.29 is 9.47 Å². The van der Waals surface area contributed by atoms with Crippen LogP contribution in [0, 0.1) is 0 Å². The van der Waals surface area contributed by atoms with Gasteiger partial charge in [0.15, 0.2) is 6.29 Å². The number of methoxy groups -OCH3 is 2. The Morgan fingerprint density at radius 1 is 1.33 bits per heavy atom. The molecule has 0 aliphatic heterocycles. The zero-order valence-corrected chi connectivity index (χ0v) is 10.0. The molecular weight excluding hydrogens is 260 g/mol. The lowest BCUT2D eigenvalue weighted by Crippen LogP contribution is -2.03. The fraction of sp³-hybridized carbons (Fsp3) is 0.300. The molecule has 0 radical (unpaired) electrons. The number of ether oxygens (including phenoxy) is 2. The molecule has 0 fully saturated rings. The summed E-state index contributed by atoms with van der Waals surface area (Å²) in [6.45, 7) is 0. The van der Waals surface area contributed by atoms with Gasteiger partial charge in [-0.25, -0.2) is 4.98 Å². The number of fused-ring (bicyclic) bond motifs is 1. The number of aromatic nitrogens is 2. The maximum absolute atomic E-state index is 5.16. The number of pyridine rings is 1. The van der Waals surface area contributed by atoms with Crippen LogP contribution >= 0.6 is 15.9 Å². The lowest BCUT2D eigenvalue weighted by atomic mass is 10.3. The summed E-state index contributed by atoms with van der Waals surface area (Å²) >= 11 is 3.32. The van der Waals surface area contributed by atoms with Crippen molar-refractivity contribution >= 4 is 26.8 Å². The molecule has 5 heteroatoms. The number of hydrogen-bond donors (Lipinski definition) is 1. The van der Waals surface area contributed by atoms with Gasteiger partial charge in [-0.3, -0.25) is 0 Å². The normalized spacial score (nSPS) is 11.5. The zero-order chi connectivity index (χ0) is 10.8. The van der Waals surface area contributed by atoms with E-state index in [2.05, 4.69) is 25.9 Å². The van der Waals surface area contributed by atoms with E-state index in [0.717, 1.165) is 21.2 Å². The third-order valence-corrected chi connectivity index (χ3v) is 2.61. The molecule has 0 saturated carbocycles. The second kappa shape index (κ2) is 4.30. The topological polar surface area (TPSA) is 47.1 Å². The van der Waals surface area contributed by atoms with E-state index in [0.29, 0.717) is 0 Å². The van der Waals surface area contributed by atoms with Gasteiger partial charge in [0.25, 0.3) is 0 Å². The first-order chi connectivity index (χ1) is 7.24. The smallest absolute Gasteiger partial charge is 0.198 e. The number of rotatable bonds is 3. The molecule has 0 aliphatic rings. The first-order valence-electron chi connectivity index (χ1n) is 4.44. The van der Waals surface area contributed by atoms with Crippen LogP contribution in [0.4, 0.5) is 0 Å². The number of nitrogens with one attached hydrogen (secondary N) is 1. The third kappa shape index (κ3) is 2.04. The molecule has 0 bridgehead atoms. The average Bonchev–Trinajstić information content (AvgIpc) is 2.62. The Bertz CT molecular complexity index is 465. The lowest BCUT2D eigenvalue weighted by molar-refractivity contribution is -0.108. The first kappa shape index (κ1) is 10.6. The van der Waals surface area contributed by atoms with Crippen molar-refractivity contribution in [2.24, 2.45) is 0 Å². The maximum Gasteiger partial charge on any atom is 0.198 e. The highest BCUT2D eigenvalue weighted by Crippen LogP contribution is 2.23. The highest BCUT2D eigenvalue weighted by Gasteiger charge is 2.12. The van der Waals surface area contributed by atoms with E-state index < -0.39 is 0 Å². The van der Waals surface area contributed by atoms with E-state index in [1.165, 1.54) is 0 Å². The second-order valence-corrected chi connectivity index (χ2v) is 3.93. The average molecular weight is 271 g/mol. The maximum atomic E-state index is 5.16. The van der Waals surface area contributed by atoms with Gasteiger partial charge in [-0.15, -0.1) is 0 Å². The molecule has 1 N–H and O–H groups in total. The Morgan fingerprint density at radius 2 is 2.07 bits per heavy atom. The summed E-state index contributed by atoms with van der Waals surface area (Å²) in [4.78, 5) is 7.37. The molecule has 0 aromatic carbocycles. The molecule has 2 aromatic heterocycles. The molecule has 0 spiro atoms. The zero-order valence-electron chi connectivity index (χ0n) is 8.45. The minimum absolute atomic E-state index is 0.365. The molecular formula is C10H11BrN2O2. The summed E-state index contributed by atoms with van der Waals surface area (Å²) in [6.07, 6.45) is 1.43. The van der Waals surface area contributed by atoms with Crippen molar-refractivity contribution in [3.63, 3.8) is 0 Å². The summed E-state index contributed by atoms with van der Waals surface area (Å²) < 4.78 is 11.1. The van der Waals surface area contributed by atoms with Gasteiger partial charge in [0.2, 0.25) is 0 Å². The fourth-order valence-corrected chi connectivity index (χ4v) is 1.83. The van der Waals surface area contributed by atoms with Crippen LogP contribution in [0.1, 0.15) is 12.0 Å². The molecule has 4 nitrogen and oxygen atoms in total. The predicted molar refractivity (Wildman–Crippen MR) is 60.6 cm³/mol. The summed E-state index contributed by atoms with van der Waals surface area (Å²) in [5.74, 6) is 0. The standard InChI is InChI=1S/C10H11BrN2O2/c1-14-10(15-2)8-3-6-5-12-9(11)4-7(6)13-8/h3-5,10,13H,1-2H3. The van der Waals surface area contributed by atoms with Gasteiger partial charge in [-0.2, -0.15) is 0 Å². The van der Waals surface area contributed by atoms with Crippen LogP contribution in [-0.4, -0.2) is 24.2 Å². The SMILES string of the molecule is COC(OC)c1cc2cnc(Br)cc2[nH]1. The Labute approximate surface area is 95.7 Å². The van der Waals surface area contributed by atoms with Gasteiger partial charge in [0.1, 0.15) is 4.60 Å². The minimum atomic E-state index is -0.365. The van der Waals surface area contributed by atoms with E-state index >= 15 is 0 Å². The molecule has 2 rings (SSSR count). The summed E-state index contributed by atoms with van der Waals surface area (Å²) in [5, 5.41) is 1.03. The molecule has 2 heterocycles. The summed E-state index contributed by atoms with van der Waals surface area (Å²) in [6, 6.07) is 3.88. The third-order valence-electron chi connectivity index (χ3n) is 2.17. The number of H-pyrrole nitrogens is 1. The molecule has 15 heavy (non-hydrogen) atoms. The van der Waals surface area contributed by atoms with Crippen molar-refractivity contribution in [1.29, 1.82) is 0 Å². The van der Waals surface area contributed by atoms with Crippen molar-refractivity contribution in [2.45, 2.75) is 6.29 Å². The number of nitrogens with zero attached hydrogens (tertiary/aromatic N) is 1. The largest absolute Gasteiger partial charge is 0.354 e. The van der Waals surface area contributed by atoms with Crippen LogP contribution < -0.4 is 0 Å². The van der Waals surface area contributed by atoms with Gasteiger partial charge in [-0.05, 0) is 28.1 Å². The molecule has 0 unspecified atom stereocenters. The van der Waals surface area contributed by atoms with Gasteiger partial charge >= 0.3 is 0 Å². The van der Waals surface area contributed by atoms with Crippen LogP contribution in [0.5, 0.6) is 0 Å². The Balaban J connectivity index is 2.46. The highest BCUT2D eigenvalue weighted by molar-refractivity contribution is 9.10. The van der Waals surface area contributed by atoms with Crippen LogP contribution in [0.15, 0.2) is 22.9 Å². The summed E-state index contributed by atoms with van der Waals surface area (Å²) in [7, 11) is 3.21. The molecule has 0 aliphatic carbocycles. The van der Waals surface area contributed by atoms with Crippen molar-refractivity contribution in [2.75, 3.05) is 14.2 Å². The van der Waals surface area contributed by atoms with Crippen molar-refractivity contribution in [3.05, 3.63) is 28.6 Å². The second-order valence-electron chi connectivity index (χ2n) is 3.12. The quantitative estimate of drug-likeness (QED) is 0.689. The first-order valence-corrected chi connectivity index (χ1v) is 5.23. The van der Waals surface area contributed by atoms with Gasteiger partial charge < -0.3 is 14.5 Å². The van der Waals surface area contributed by atoms with Crippen molar-refractivity contribution in [1.82, 2.24) is 9.97 Å². The fourth-order valence-electron chi connectivity index (χ4n) is 1.50. The molecule has 0 saturated heterocycles. The molecule has 0 atom stereocenters. The van der Waals surface area contributed by atoms with Crippen LogP contribution in [0.25, 0.3) is 10.9 Å². The number of halogens is 1. The van der Waals surface area contributed by atoms with E-state index in [1.807, 2.05) is 12.1 Å². The van der Waals surface area contributed by atoms with Crippen LogP contribution in [-0.2, 0) is 9.47 Å². The lowest BCUT2D eigenvalue weighted by Gasteiger charge is -2.10. The molecule has 80 valence electrons. The van der Waals surface area contributed by atoms with Gasteiger partial charge in [0.05, 0.1) is 5.69 Å². The van der Waals surface area contributed by atoms with Gasteiger partial charge in [0, 0.05) is 31.3 Å². The van der Waals surface area contributed by atoms with Crippen LogP contribution in [0.3, 0.4) is 0 Å². The van der Waals surface area contributed by atoms with Gasteiger partial charge in [-0.1, -0.05) is 0 Å². The van der Waals surface area contributed by atoms with E-state index in [9.17, 15) is 0 Å². The van der Waals surface area contributed by atoms with E-state index in [4.69, 9.17) is 9.47 Å². The monoisotopic (exact) mass is 270 g/mol. The Morgan fingerprint density at radius 3 is 2.73 bits per heavy atom. The van der Waals surface area contributed by atoms with Crippen molar-refractivity contribution in [3.8, 4) is 0 Å². The summed E-state index contributed by atoms with van der Waals surface area (Å²) in [5.41, 5.74) is 1.89. The Kier molecular flexibility index (Phi) is 3.04. The molecule has 0 amide bonds. The van der Waals surface area contributed by atoms with Crippen LogP contribution in [0.2, 0.25) is 0 Å².